The third-order valence-electron chi connectivity index (χ3n) is 1.45. The van der Waals surface area contributed by atoms with Crippen LogP contribution in [0.25, 0.3) is 0 Å². The number of hydrogen-bond acceptors (Lipinski definition) is 3. The van der Waals surface area contributed by atoms with Crippen LogP contribution in [0.2, 0.25) is 0 Å². The van der Waals surface area contributed by atoms with Crippen molar-refractivity contribution in [1.29, 1.82) is 0 Å². The summed E-state index contributed by atoms with van der Waals surface area (Å²) in [6.45, 7) is 0.928. The van der Waals surface area contributed by atoms with Crippen LogP contribution in [0.5, 0.6) is 11.8 Å². The van der Waals surface area contributed by atoms with Gasteiger partial charge in [-0.05, 0) is 0 Å². The zero-order chi connectivity index (χ0) is 8.27. The lowest BCUT2D eigenvalue weighted by Gasteiger charge is -2.04. The summed E-state index contributed by atoms with van der Waals surface area (Å²) in [5.41, 5.74) is 0. The van der Waals surface area contributed by atoms with E-state index in [-0.39, 0.29) is 11.8 Å². The topological polar surface area (TPSA) is 54.6 Å². The molecule has 4 nitrogen and oxygen atoms in total. The Morgan fingerprint density at radius 1 is 1.36 bits per heavy atom. The largest absolute Gasteiger partial charge is 0.494 e. The molecule has 4 heteroatoms. The Bertz CT molecular complexity index is 212. The number of hydrogen-bond donors (Lipinski definition) is 2. The molecule has 0 aliphatic carbocycles. The van der Waals surface area contributed by atoms with Crippen molar-refractivity contribution in [3.63, 3.8) is 0 Å². The SMILES string of the molecule is COCCn1c(O)ccc1O. The van der Waals surface area contributed by atoms with Crippen LogP contribution in [0.4, 0.5) is 0 Å². The van der Waals surface area contributed by atoms with E-state index in [4.69, 9.17) is 14.9 Å². The van der Waals surface area contributed by atoms with E-state index < -0.39 is 0 Å². The van der Waals surface area contributed by atoms with Gasteiger partial charge in [-0.15, -0.1) is 0 Å². The number of nitrogens with zero attached hydrogens (tertiary/aromatic N) is 1. The summed E-state index contributed by atoms with van der Waals surface area (Å²) >= 11 is 0. The highest BCUT2D eigenvalue weighted by atomic mass is 16.5. The van der Waals surface area contributed by atoms with Gasteiger partial charge in [-0.1, -0.05) is 0 Å². The highest BCUT2D eigenvalue weighted by Gasteiger charge is 2.03. The smallest absolute Gasteiger partial charge is 0.193 e. The van der Waals surface area contributed by atoms with Gasteiger partial charge in [0.1, 0.15) is 0 Å². The van der Waals surface area contributed by atoms with Crippen molar-refractivity contribution >= 4 is 0 Å². The van der Waals surface area contributed by atoms with Crippen molar-refractivity contribution in [2.24, 2.45) is 0 Å². The van der Waals surface area contributed by atoms with Crippen LogP contribution >= 0.6 is 0 Å². The van der Waals surface area contributed by atoms with Gasteiger partial charge < -0.3 is 14.9 Å². The lowest BCUT2D eigenvalue weighted by molar-refractivity contribution is 0.180. The summed E-state index contributed by atoms with van der Waals surface area (Å²) in [4.78, 5) is 0. The average Bonchev–Trinajstić information content (AvgIpc) is 2.29. The van der Waals surface area contributed by atoms with Gasteiger partial charge in [-0.3, -0.25) is 4.57 Å². The molecule has 2 N–H and O–H groups in total. The number of rotatable bonds is 3. The van der Waals surface area contributed by atoms with Crippen LogP contribution in [-0.4, -0.2) is 28.5 Å². The van der Waals surface area contributed by atoms with Gasteiger partial charge in [0.05, 0.1) is 13.2 Å². The van der Waals surface area contributed by atoms with Crippen LogP contribution in [0, 0.1) is 0 Å². The minimum atomic E-state index is 0.0551. The predicted octanol–water partition coefficient (Wildman–Crippen LogP) is 0.546. The van der Waals surface area contributed by atoms with Gasteiger partial charge in [0.15, 0.2) is 11.8 Å². The van der Waals surface area contributed by atoms with Crippen molar-refractivity contribution in [2.75, 3.05) is 13.7 Å². The lowest BCUT2D eigenvalue weighted by atomic mass is 10.6. The van der Waals surface area contributed by atoms with Gasteiger partial charge >= 0.3 is 0 Å². The average molecular weight is 157 g/mol. The summed E-state index contributed by atoms with van der Waals surface area (Å²) in [5, 5.41) is 18.2. The van der Waals surface area contributed by atoms with E-state index in [0.717, 1.165) is 0 Å². The first-order chi connectivity index (χ1) is 5.25. The Balaban J connectivity index is 2.67. The molecule has 1 aromatic rings. The number of aromatic nitrogens is 1. The molecular weight excluding hydrogens is 146 g/mol. The second-order valence-electron chi connectivity index (χ2n) is 2.19. The molecule has 0 bridgehead atoms. The van der Waals surface area contributed by atoms with Crippen molar-refractivity contribution < 1.29 is 14.9 Å². The summed E-state index contributed by atoms with van der Waals surface area (Å²) in [6, 6.07) is 2.87. The molecule has 0 spiro atoms. The summed E-state index contributed by atoms with van der Waals surface area (Å²) < 4.78 is 6.15. The molecule has 0 saturated heterocycles. The Labute approximate surface area is 64.6 Å². The van der Waals surface area contributed by atoms with E-state index in [1.165, 1.54) is 16.7 Å². The van der Waals surface area contributed by atoms with E-state index in [1.54, 1.807) is 7.11 Å². The summed E-state index contributed by atoms with van der Waals surface area (Å²) in [6.07, 6.45) is 0. The summed E-state index contributed by atoms with van der Waals surface area (Å²) in [7, 11) is 1.57. The molecule has 0 aliphatic heterocycles. The Kier molecular flexibility index (Phi) is 2.38. The second-order valence-corrected chi connectivity index (χ2v) is 2.19. The fourth-order valence-corrected chi connectivity index (χ4v) is 0.858. The molecule has 0 aromatic carbocycles. The summed E-state index contributed by atoms with van der Waals surface area (Å²) in [5.74, 6) is 0.110. The lowest BCUT2D eigenvalue weighted by Crippen LogP contribution is -2.02. The van der Waals surface area contributed by atoms with Gasteiger partial charge in [-0.25, -0.2) is 0 Å². The number of ether oxygens (including phenoxy) is 1. The first-order valence-electron chi connectivity index (χ1n) is 3.32. The molecule has 0 unspecified atom stereocenters. The molecule has 0 fully saturated rings. The third-order valence-corrected chi connectivity index (χ3v) is 1.45. The van der Waals surface area contributed by atoms with Gasteiger partial charge in [0.2, 0.25) is 0 Å². The van der Waals surface area contributed by atoms with E-state index in [2.05, 4.69) is 0 Å². The predicted molar refractivity (Wildman–Crippen MR) is 39.6 cm³/mol. The van der Waals surface area contributed by atoms with Crippen LogP contribution in [-0.2, 0) is 11.3 Å². The second kappa shape index (κ2) is 3.30. The van der Waals surface area contributed by atoms with Crippen LogP contribution in [0.1, 0.15) is 0 Å². The molecule has 62 valence electrons. The van der Waals surface area contributed by atoms with Crippen LogP contribution < -0.4 is 0 Å². The Morgan fingerprint density at radius 2 is 1.91 bits per heavy atom. The fourth-order valence-electron chi connectivity index (χ4n) is 0.858. The van der Waals surface area contributed by atoms with Crippen molar-refractivity contribution in [1.82, 2.24) is 4.57 Å². The van der Waals surface area contributed by atoms with Crippen LogP contribution in [0.15, 0.2) is 12.1 Å². The zero-order valence-electron chi connectivity index (χ0n) is 6.32. The molecule has 0 saturated carbocycles. The van der Waals surface area contributed by atoms with Crippen molar-refractivity contribution in [3.8, 4) is 11.8 Å². The minimum Gasteiger partial charge on any atom is -0.494 e. The quantitative estimate of drug-likeness (QED) is 0.673. The van der Waals surface area contributed by atoms with Gasteiger partial charge in [0, 0.05) is 19.2 Å². The normalized spacial score (nSPS) is 10.3. The number of methoxy groups -OCH3 is 1. The Hall–Kier alpha value is -1.16. The van der Waals surface area contributed by atoms with E-state index in [9.17, 15) is 0 Å². The maximum Gasteiger partial charge on any atom is 0.193 e. The highest BCUT2D eigenvalue weighted by Crippen LogP contribution is 2.19. The first-order valence-corrected chi connectivity index (χ1v) is 3.32. The molecule has 1 aromatic heterocycles. The molecule has 0 amide bonds. The maximum atomic E-state index is 9.11. The van der Waals surface area contributed by atoms with Gasteiger partial charge in [-0.2, -0.15) is 0 Å². The van der Waals surface area contributed by atoms with E-state index in [0.29, 0.717) is 13.2 Å². The molecular formula is C7H11NO3. The van der Waals surface area contributed by atoms with Gasteiger partial charge in [0.25, 0.3) is 0 Å². The fraction of sp³-hybridized carbons (Fsp3) is 0.429. The molecule has 11 heavy (non-hydrogen) atoms. The Morgan fingerprint density at radius 3 is 2.36 bits per heavy atom. The van der Waals surface area contributed by atoms with E-state index >= 15 is 0 Å². The minimum absolute atomic E-state index is 0.0551. The van der Waals surface area contributed by atoms with E-state index in [1.807, 2.05) is 0 Å². The third kappa shape index (κ3) is 1.65. The monoisotopic (exact) mass is 157 g/mol. The first kappa shape index (κ1) is 7.94. The molecule has 0 aliphatic rings. The molecule has 1 rings (SSSR count). The zero-order valence-corrected chi connectivity index (χ0v) is 6.32. The molecule has 1 heterocycles. The van der Waals surface area contributed by atoms with Crippen LogP contribution in [0.3, 0.4) is 0 Å². The number of aromatic hydroxyl groups is 2. The molecule has 0 radical (unpaired) electrons. The maximum absolute atomic E-state index is 9.11. The van der Waals surface area contributed by atoms with Crippen molar-refractivity contribution in [3.05, 3.63) is 12.1 Å². The highest BCUT2D eigenvalue weighted by molar-refractivity contribution is 5.23. The van der Waals surface area contributed by atoms with Crippen molar-refractivity contribution in [2.45, 2.75) is 6.54 Å². The standard InChI is InChI=1S/C7H11NO3/c1-11-5-4-8-6(9)2-3-7(8)10/h2-3,9-10H,4-5H2,1H3. The molecule has 0 atom stereocenters.